The van der Waals surface area contributed by atoms with E-state index >= 15 is 0 Å². The van der Waals surface area contributed by atoms with E-state index in [2.05, 4.69) is 20.6 Å². The minimum absolute atomic E-state index is 0.0645. The van der Waals surface area contributed by atoms with Gasteiger partial charge >= 0.3 is 0 Å². The zero-order valence-electron chi connectivity index (χ0n) is 12.0. The third-order valence-electron chi connectivity index (χ3n) is 2.44. The van der Waals surface area contributed by atoms with E-state index in [-0.39, 0.29) is 18.0 Å². The molecule has 108 valence electrons. The van der Waals surface area contributed by atoms with Crippen LogP contribution in [0.1, 0.15) is 20.3 Å². The number of carbonyl (C=O) groups excluding carboxylic acids is 2. The first-order chi connectivity index (χ1) is 8.97. The molecule has 0 saturated heterocycles. The molecule has 0 fully saturated rings. The topological polar surface area (TPSA) is 86.2 Å². The van der Waals surface area contributed by atoms with Gasteiger partial charge in [-0.25, -0.2) is 4.99 Å². The number of amides is 2. The molecule has 1 atom stereocenters. The Kier molecular flexibility index (Phi) is 9.25. The monoisotopic (exact) mass is 269 g/mol. The average Bonchev–Trinajstić information content (AvgIpc) is 2.38. The van der Waals surface area contributed by atoms with Crippen LogP contribution in [0.2, 0.25) is 0 Å². The number of hydrogen-bond donors (Lipinski definition) is 2. The summed E-state index contributed by atoms with van der Waals surface area (Å²) in [6, 6.07) is 0. The standard InChI is InChI=1S/C12H23N5O2/c1-10(16-9-14-8-12(19)13-3)15-6-5-7-17(4)11(2)18/h8-10,15H,5-7H2,1-4H3,(H,13,19). The lowest BCUT2D eigenvalue weighted by atomic mass is 10.3. The Bertz CT molecular complexity index is 341. The lowest BCUT2D eigenvalue weighted by Gasteiger charge is -2.15. The van der Waals surface area contributed by atoms with Gasteiger partial charge in [-0.1, -0.05) is 0 Å². The molecule has 7 heteroatoms. The van der Waals surface area contributed by atoms with Crippen molar-refractivity contribution in [3.05, 3.63) is 0 Å². The number of nitrogens with one attached hydrogen (secondary N) is 2. The Morgan fingerprint density at radius 2 is 2.11 bits per heavy atom. The van der Waals surface area contributed by atoms with E-state index in [0.29, 0.717) is 6.54 Å². The fraction of sp³-hybridized carbons (Fsp3) is 0.667. The fourth-order valence-electron chi connectivity index (χ4n) is 1.14. The maximum atomic E-state index is 11.0. The van der Waals surface area contributed by atoms with Gasteiger partial charge < -0.3 is 10.2 Å². The molecule has 0 bridgehead atoms. The summed E-state index contributed by atoms with van der Waals surface area (Å²) in [6.07, 6.45) is 3.29. The Balaban J connectivity index is 3.72. The van der Waals surface area contributed by atoms with Crippen LogP contribution in [0.4, 0.5) is 0 Å². The van der Waals surface area contributed by atoms with E-state index in [1.54, 1.807) is 18.9 Å². The molecule has 2 amide bonds. The summed E-state index contributed by atoms with van der Waals surface area (Å²) in [5.74, 6) is -0.200. The molecule has 0 aromatic rings. The minimum Gasteiger partial charge on any atom is -0.354 e. The van der Waals surface area contributed by atoms with E-state index in [4.69, 9.17) is 0 Å². The van der Waals surface area contributed by atoms with Gasteiger partial charge in [0.2, 0.25) is 5.91 Å². The predicted molar refractivity (Wildman–Crippen MR) is 76.4 cm³/mol. The van der Waals surface area contributed by atoms with E-state index < -0.39 is 0 Å². The molecular formula is C12H23N5O2. The molecule has 0 rings (SSSR count). The average molecular weight is 269 g/mol. The molecule has 0 radical (unpaired) electrons. The maximum absolute atomic E-state index is 11.0. The van der Waals surface area contributed by atoms with Crippen LogP contribution < -0.4 is 10.6 Å². The van der Waals surface area contributed by atoms with Crippen molar-refractivity contribution in [2.24, 2.45) is 9.98 Å². The first-order valence-corrected chi connectivity index (χ1v) is 6.19. The molecular weight excluding hydrogens is 246 g/mol. The van der Waals surface area contributed by atoms with Crippen molar-refractivity contribution in [3.63, 3.8) is 0 Å². The summed E-state index contributed by atoms with van der Waals surface area (Å²) in [7, 11) is 3.31. The van der Waals surface area contributed by atoms with Crippen LogP contribution in [-0.4, -0.2) is 62.6 Å². The van der Waals surface area contributed by atoms with Gasteiger partial charge in [-0.3, -0.25) is 19.9 Å². The Labute approximate surface area is 114 Å². The van der Waals surface area contributed by atoms with Gasteiger partial charge in [0.25, 0.3) is 5.91 Å². The van der Waals surface area contributed by atoms with Crippen molar-refractivity contribution in [2.75, 3.05) is 27.2 Å². The Morgan fingerprint density at radius 1 is 1.42 bits per heavy atom. The van der Waals surface area contributed by atoms with Crippen LogP contribution in [0.3, 0.4) is 0 Å². The zero-order valence-corrected chi connectivity index (χ0v) is 12.0. The highest BCUT2D eigenvalue weighted by molar-refractivity contribution is 6.27. The van der Waals surface area contributed by atoms with Gasteiger partial charge in [0.1, 0.15) is 6.34 Å². The minimum atomic E-state index is -0.265. The van der Waals surface area contributed by atoms with Gasteiger partial charge in [0.15, 0.2) is 0 Å². The lowest BCUT2D eigenvalue weighted by molar-refractivity contribution is -0.127. The first kappa shape index (κ1) is 17.2. The SMILES string of the molecule is CNC(=O)C=NC=NC(C)NCCCN(C)C(C)=O. The summed E-state index contributed by atoms with van der Waals surface area (Å²) in [5.41, 5.74) is 0. The van der Waals surface area contributed by atoms with Crippen molar-refractivity contribution in [1.29, 1.82) is 0 Å². The van der Waals surface area contributed by atoms with Gasteiger partial charge in [-0.15, -0.1) is 0 Å². The molecule has 0 aliphatic heterocycles. The van der Waals surface area contributed by atoms with Crippen molar-refractivity contribution in [2.45, 2.75) is 26.4 Å². The van der Waals surface area contributed by atoms with Crippen molar-refractivity contribution < 1.29 is 9.59 Å². The molecule has 0 heterocycles. The van der Waals surface area contributed by atoms with E-state index in [0.717, 1.165) is 19.2 Å². The molecule has 7 nitrogen and oxygen atoms in total. The third kappa shape index (κ3) is 9.90. The highest BCUT2D eigenvalue weighted by atomic mass is 16.2. The summed E-state index contributed by atoms with van der Waals surface area (Å²) >= 11 is 0. The number of carbonyl (C=O) groups is 2. The van der Waals surface area contributed by atoms with E-state index in [1.165, 1.54) is 13.4 Å². The third-order valence-corrected chi connectivity index (χ3v) is 2.44. The maximum Gasteiger partial charge on any atom is 0.262 e. The molecule has 0 aromatic heterocycles. The second kappa shape index (κ2) is 10.2. The molecule has 0 aliphatic rings. The van der Waals surface area contributed by atoms with Gasteiger partial charge in [0.05, 0.1) is 12.4 Å². The highest BCUT2D eigenvalue weighted by Gasteiger charge is 2.01. The van der Waals surface area contributed by atoms with Crippen LogP contribution in [0, 0.1) is 0 Å². The molecule has 2 N–H and O–H groups in total. The van der Waals surface area contributed by atoms with Crippen molar-refractivity contribution in [1.82, 2.24) is 15.5 Å². The largest absolute Gasteiger partial charge is 0.354 e. The molecule has 0 aliphatic carbocycles. The first-order valence-electron chi connectivity index (χ1n) is 6.19. The molecule has 0 spiro atoms. The molecule has 0 aromatic carbocycles. The molecule has 1 unspecified atom stereocenters. The predicted octanol–water partition coefficient (Wildman–Crippen LogP) is -0.364. The quantitative estimate of drug-likeness (QED) is 0.358. The van der Waals surface area contributed by atoms with E-state index in [1.807, 2.05) is 6.92 Å². The number of nitrogens with zero attached hydrogens (tertiary/aromatic N) is 3. The Hall–Kier alpha value is -1.76. The van der Waals surface area contributed by atoms with E-state index in [9.17, 15) is 9.59 Å². The van der Waals surface area contributed by atoms with Crippen molar-refractivity contribution >= 4 is 24.4 Å². The normalized spacial score (nSPS) is 12.8. The van der Waals surface area contributed by atoms with Crippen LogP contribution in [0.25, 0.3) is 0 Å². The molecule has 0 saturated carbocycles. The number of rotatable bonds is 8. The second-order valence-corrected chi connectivity index (χ2v) is 4.08. The van der Waals surface area contributed by atoms with Gasteiger partial charge in [-0.2, -0.15) is 0 Å². The lowest BCUT2D eigenvalue weighted by Crippen LogP contribution is -2.30. The second-order valence-electron chi connectivity index (χ2n) is 4.08. The summed E-state index contributed by atoms with van der Waals surface area (Å²) in [4.78, 5) is 31.3. The van der Waals surface area contributed by atoms with Crippen LogP contribution in [0.5, 0.6) is 0 Å². The Morgan fingerprint density at radius 3 is 2.68 bits per heavy atom. The summed E-state index contributed by atoms with van der Waals surface area (Å²) in [6.45, 7) is 4.91. The number of hydrogen-bond acceptors (Lipinski definition) is 4. The highest BCUT2D eigenvalue weighted by Crippen LogP contribution is 1.89. The van der Waals surface area contributed by atoms with Crippen LogP contribution in [0.15, 0.2) is 9.98 Å². The van der Waals surface area contributed by atoms with Crippen molar-refractivity contribution in [3.8, 4) is 0 Å². The fourth-order valence-corrected chi connectivity index (χ4v) is 1.14. The molecule has 19 heavy (non-hydrogen) atoms. The zero-order chi connectivity index (χ0) is 14.7. The smallest absolute Gasteiger partial charge is 0.262 e. The van der Waals surface area contributed by atoms with Crippen LogP contribution in [-0.2, 0) is 9.59 Å². The van der Waals surface area contributed by atoms with Gasteiger partial charge in [0, 0.05) is 27.6 Å². The number of aliphatic imine (C=N–C) groups is 2. The van der Waals surface area contributed by atoms with Gasteiger partial charge in [-0.05, 0) is 19.9 Å². The summed E-state index contributed by atoms with van der Waals surface area (Å²) < 4.78 is 0. The summed E-state index contributed by atoms with van der Waals surface area (Å²) in [5, 5.41) is 5.59. The van der Waals surface area contributed by atoms with Crippen LogP contribution >= 0.6 is 0 Å².